The van der Waals surface area contributed by atoms with Gasteiger partial charge in [0.2, 0.25) is 0 Å². The van der Waals surface area contributed by atoms with Crippen LogP contribution in [0.4, 0.5) is 0 Å². The van der Waals surface area contributed by atoms with Crippen molar-refractivity contribution in [2.75, 3.05) is 12.9 Å². The summed E-state index contributed by atoms with van der Waals surface area (Å²) in [4.78, 5) is 13.2. The summed E-state index contributed by atoms with van der Waals surface area (Å²) < 4.78 is 31.5. The first-order valence-electron chi connectivity index (χ1n) is 7.02. The lowest BCUT2D eigenvalue weighted by molar-refractivity contribution is 0.413. The molecule has 0 saturated carbocycles. The fraction of sp³-hybridized carbons (Fsp3) is 0.267. The Balaban J connectivity index is 2.28. The Morgan fingerprint density at radius 1 is 1.30 bits per heavy atom. The SMILES string of the molecule is CCS(=O)(=O)c1cccnc1-c1nc2cc(OC)cnc2n1C. The molecule has 3 aromatic rings. The van der Waals surface area contributed by atoms with Gasteiger partial charge in [0.1, 0.15) is 17.0 Å². The third-order valence-electron chi connectivity index (χ3n) is 3.62. The lowest BCUT2D eigenvalue weighted by atomic mass is 10.3. The van der Waals surface area contributed by atoms with Crippen LogP contribution < -0.4 is 4.74 Å². The van der Waals surface area contributed by atoms with Crippen molar-refractivity contribution in [3.05, 3.63) is 30.6 Å². The van der Waals surface area contributed by atoms with Gasteiger partial charge in [-0.2, -0.15) is 0 Å². The van der Waals surface area contributed by atoms with Crippen LogP contribution in [0.2, 0.25) is 0 Å². The van der Waals surface area contributed by atoms with E-state index in [-0.39, 0.29) is 10.6 Å². The van der Waals surface area contributed by atoms with E-state index in [1.54, 1.807) is 56.2 Å². The molecule has 3 heterocycles. The summed E-state index contributed by atoms with van der Waals surface area (Å²) in [6.07, 6.45) is 3.15. The van der Waals surface area contributed by atoms with Crippen LogP contribution in [-0.2, 0) is 16.9 Å². The van der Waals surface area contributed by atoms with E-state index in [0.29, 0.717) is 28.4 Å². The third kappa shape index (κ3) is 2.55. The molecule has 0 fully saturated rings. The number of ether oxygens (including phenoxy) is 1. The standard InChI is InChI=1S/C15H16N4O3S/c1-4-23(20,21)12-6-5-7-16-13(12)15-18-11-8-10(22-3)9-17-14(11)19(15)2/h5-9H,4H2,1-3H3. The summed E-state index contributed by atoms with van der Waals surface area (Å²) in [7, 11) is -0.0731. The van der Waals surface area contributed by atoms with Gasteiger partial charge in [-0.15, -0.1) is 0 Å². The van der Waals surface area contributed by atoms with Crippen LogP contribution in [0, 0.1) is 0 Å². The van der Waals surface area contributed by atoms with Gasteiger partial charge in [-0.3, -0.25) is 4.98 Å². The van der Waals surface area contributed by atoms with Crippen molar-refractivity contribution in [3.8, 4) is 17.3 Å². The predicted molar refractivity (Wildman–Crippen MR) is 86.0 cm³/mol. The van der Waals surface area contributed by atoms with Gasteiger partial charge in [0, 0.05) is 19.3 Å². The zero-order chi connectivity index (χ0) is 16.6. The van der Waals surface area contributed by atoms with Crippen LogP contribution >= 0.6 is 0 Å². The molecule has 0 saturated heterocycles. The molecule has 0 bridgehead atoms. The maximum atomic E-state index is 12.3. The van der Waals surface area contributed by atoms with E-state index in [4.69, 9.17) is 4.74 Å². The number of aryl methyl sites for hydroxylation is 1. The highest BCUT2D eigenvalue weighted by Crippen LogP contribution is 2.28. The molecule has 0 unspecified atom stereocenters. The van der Waals surface area contributed by atoms with E-state index in [1.807, 2.05) is 0 Å². The maximum Gasteiger partial charge on any atom is 0.180 e. The summed E-state index contributed by atoms with van der Waals surface area (Å²) >= 11 is 0. The molecule has 3 aromatic heterocycles. The molecule has 0 radical (unpaired) electrons. The zero-order valence-electron chi connectivity index (χ0n) is 13.0. The molecule has 8 heteroatoms. The van der Waals surface area contributed by atoms with Crippen molar-refractivity contribution < 1.29 is 13.2 Å². The van der Waals surface area contributed by atoms with Gasteiger partial charge in [-0.05, 0) is 12.1 Å². The molecule has 0 N–H and O–H groups in total. The van der Waals surface area contributed by atoms with Crippen LogP contribution in [0.15, 0.2) is 35.5 Å². The summed E-state index contributed by atoms with van der Waals surface area (Å²) in [6.45, 7) is 1.60. The highest BCUT2D eigenvalue weighted by Gasteiger charge is 2.22. The van der Waals surface area contributed by atoms with Crippen molar-refractivity contribution in [2.45, 2.75) is 11.8 Å². The van der Waals surface area contributed by atoms with Crippen LogP contribution in [0.1, 0.15) is 6.92 Å². The van der Waals surface area contributed by atoms with E-state index in [0.717, 1.165) is 0 Å². The maximum absolute atomic E-state index is 12.3. The summed E-state index contributed by atoms with van der Waals surface area (Å²) in [5.74, 6) is 1.04. The lowest BCUT2D eigenvalue weighted by Gasteiger charge is -2.07. The fourth-order valence-electron chi connectivity index (χ4n) is 2.35. The number of aromatic nitrogens is 4. The van der Waals surface area contributed by atoms with Gasteiger partial charge < -0.3 is 9.30 Å². The van der Waals surface area contributed by atoms with Gasteiger partial charge >= 0.3 is 0 Å². The second-order valence-electron chi connectivity index (χ2n) is 4.97. The molecular formula is C15H16N4O3S. The Morgan fingerprint density at radius 3 is 2.78 bits per heavy atom. The molecule has 0 aliphatic rings. The van der Waals surface area contributed by atoms with Crippen molar-refractivity contribution in [2.24, 2.45) is 7.05 Å². The Morgan fingerprint density at radius 2 is 2.09 bits per heavy atom. The van der Waals surface area contributed by atoms with Gasteiger partial charge in [0.05, 0.1) is 24.0 Å². The van der Waals surface area contributed by atoms with E-state index < -0.39 is 9.84 Å². The predicted octanol–water partition coefficient (Wildman–Crippen LogP) is 1.83. The zero-order valence-corrected chi connectivity index (χ0v) is 13.8. The Kier molecular flexibility index (Phi) is 3.77. The van der Waals surface area contributed by atoms with Crippen molar-refractivity contribution >= 4 is 21.0 Å². The number of sulfone groups is 1. The first-order chi connectivity index (χ1) is 11.0. The average Bonchev–Trinajstić information content (AvgIpc) is 2.91. The molecule has 0 aliphatic carbocycles. The Bertz CT molecular complexity index is 980. The quantitative estimate of drug-likeness (QED) is 0.724. The molecule has 0 amide bonds. The molecule has 0 aromatic carbocycles. The van der Waals surface area contributed by atoms with Crippen LogP contribution in [0.3, 0.4) is 0 Å². The second kappa shape index (κ2) is 5.62. The number of nitrogens with zero attached hydrogens (tertiary/aromatic N) is 4. The van der Waals surface area contributed by atoms with Gasteiger partial charge in [-0.25, -0.2) is 18.4 Å². The van der Waals surface area contributed by atoms with E-state index >= 15 is 0 Å². The molecule has 0 spiro atoms. The largest absolute Gasteiger partial charge is 0.495 e. The number of pyridine rings is 2. The average molecular weight is 332 g/mol. The number of hydrogen-bond donors (Lipinski definition) is 0. The van der Waals surface area contributed by atoms with E-state index in [9.17, 15) is 8.42 Å². The van der Waals surface area contributed by atoms with Crippen molar-refractivity contribution in [3.63, 3.8) is 0 Å². The molecule has 3 rings (SSSR count). The number of methoxy groups -OCH3 is 1. The van der Waals surface area contributed by atoms with Gasteiger partial charge in [0.15, 0.2) is 21.3 Å². The normalized spacial score (nSPS) is 11.8. The van der Waals surface area contributed by atoms with Crippen LogP contribution in [0.5, 0.6) is 5.75 Å². The first-order valence-corrected chi connectivity index (χ1v) is 8.67. The van der Waals surface area contributed by atoms with E-state index in [2.05, 4.69) is 15.0 Å². The molecule has 120 valence electrons. The number of imidazole rings is 1. The number of fused-ring (bicyclic) bond motifs is 1. The minimum absolute atomic E-state index is 0.00170. The number of rotatable bonds is 4. The Hall–Kier alpha value is -2.48. The molecule has 7 nitrogen and oxygen atoms in total. The third-order valence-corrected chi connectivity index (χ3v) is 5.38. The summed E-state index contributed by atoms with van der Waals surface area (Å²) in [6, 6.07) is 4.91. The summed E-state index contributed by atoms with van der Waals surface area (Å²) in [5, 5.41) is 0. The minimum atomic E-state index is -3.40. The fourth-order valence-corrected chi connectivity index (χ4v) is 3.38. The number of hydrogen-bond acceptors (Lipinski definition) is 6. The van der Waals surface area contributed by atoms with Crippen molar-refractivity contribution in [1.82, 2.24) is 19.5 Å². The molecule has 23 heavy (non-hydrogen) atoms. The van der Waals surface area contributed by atoms with Crippen LogP contribution in [0.25, 0.3) is 22.7 Å². The Labute approximate surface area is 133 Å². The smallest absolute Gasteiger partial charge is 0.180 e. The van der Waals surface area contributed by atoms with Gasteiger partial charge in [-0.1, -0.05) is 6.92 Å². The second-order valence-corrected chi connectivity index (χ2v) is 7.21. The molecule has 0 aliphatic heterocycles. The summed E-state index contributed by atoms with van der Waals surface area (Å²) in [5.41, 5.74) is 1.58. The minimum Gasteiger partial charge on any atom is -0.495 e. The molecular weight excluding hydrogens is 316 g/mol. The van der Waals surface area contributed by atoms with Crippen LogP contribution in [-0.4, -0.2) is 40.8 Å². The van der Waals surface area contributed by atoms with E-state index in [1.165, 1.54) is 0 Å². The van der Waals surface area contributed by atoms with Crippen molar-refractivity contribution in [1.29, 1.82) is 0 Å². The van der Waals surface area contributed by atoms with Gasteiger partial charge in [0.25, 0.3) is 0 Å². The lowest BCUT2D eigenvalue weighted by Crippen LogP contribution is -2.08. The molecule has 0 atom stereocenters. The first kappa shape index (κ1) is 15.4. The monoisotopic (exact) mass is 332 g/mol. The highest BCUT2D eigenvalue weighted by molar-refractivity contribution is 7.91. The topological polar surface area (TPSA) is 87.0 Å². The highest BCUT2D eigenvalue weighted by atomic mass is 32.2.